The predicted octanol–water partition coefficient (Wildman–Crippen LogP) is 2.10. The molecule has 0 saturated carbocycles. The monoisotopic (exact) mass is 321 g/mol. The summed E-state index contributed by atoms with van der Waals surface area (Å²) in [5.74, 6) is 0.425. The summed E-state index contributed by atoms with van der Waals surface area (Å²) in [5, 5.41) is 2.95. The second-order valence-corrected chi connectivity index (χ2v) is 6.63. The Morgan fingerprint density at radius 3 is 2.61 bits per heavy atom. The summed E-state index contributed by atoms with van der Waals surface area (Å²) in [6.07, 6.45) is 0.972. The van der Waals surface area contributed by atoms with Crippen molar-refractivity contribution in [3.05, 3.63) is 35.6 Å². The molecule has 5 heteroatoms. The van der Waals surface area contributed by atoms with Crippen molar-refractivity contribution in [1.29, 1.82) is 0 Å². The minimum atomic E-state index is -0.200. The Hall–Kier alpha value is -1.46. The molecule has 128 valence electrons. The fourth-order valence-electron chi connectivity index (χ4n) is 3.21. The smallest absolute Gasteiger partial charge is 0.236 e. The number of halogens is 1. The van der Waals surface area contributed by atoms with E-state index < -0.39 is 0 Å². The molecule has 4 nitrogen and oxygen atoms in total. The van der Waals surface area contributed by atoms with Crippen LogP contribution in [0.1, 0.15) is 25.8 Å². The molecule has 0 bridgehead atoms. The molecule has 0 aliphatic carbocycles. The quantitative estimate of drug-likeness (QED) is 0.902. The van der Waals surface area contributed by atoms with E-state index in [-0.39, 0.29) is 11.7 Å². The van der Waals surface area contributed by atoms with E-state index in [0.717, 1.165) is 38.2 Å². The van der Waals surface area contributed by atoms with Crippen LogP contribution in [0.4, 0.5) is 4.39 Å². The van der Waals surface area contributed by atoms with Gasteiger partial charge in [-0.15, -0.1) is 0 Å². The highest BCUT2D eigenvalue weighted by atomic mass is 19.1. The Balaban J connectivity index is 2.09. The van der Waals surface area contributed by atoms with E-state index in [2.05, 4.69) is 24.1 Å². The molecule has 23 heavy (non-hydrogen) atoms. The van der Waals surface area contributed by atoms with Crippen LogP contribution in [0, 0.1) is 11.7 Å². The van der Waals surface area contributed by atoms with Crippen molar-refractivity contribution in [2.24, 2.45) is 5.92 Å². The lowest BCUT2D eigenvalue weighted by Crippen LogP contribution is -2.47. The van der Waals surface area contributed by atoms with Gasteiger partial charge in [0.25, 0.3) is 0 Å². The zero-order valence-electron chi connectivity index (χ0n) is 14.4. The molecule has 0 radical (unpaired) electrons. The van der Waals surface area contributed by atoms with E-state index in [0.29, 0.717) is 18.5 Å². The highest BCUT2D eigenvalue weighted by Crippen LogP contribution is 2.20. The van der Waals surface area contributed by atoms with Crippen molar-refractivity contribution < 1.29 is 9.18 Å². The van der Waals surface area contributed by atoms with Crippen molar-refractivity contribution >= 4 is 5.91 Å². The first-order valence-corrected chi connectivity index (χ1v) is 8.42. The van der Waals surface area contributed by atoms with Gasteiger partial charge in [0.2, 0.25) is 5.91 Å². The molecular weight excluding hydrogens is 293 g/mol. The van der Waals surface area contributed by atoms with Crippen LogP contribution in [-0.4, -0.2) is 55.0 Å². The first-order chi connectivity index (χ1) is 11.0. The van der Waals surface area contributed by atoms with E-state index in [1.165, 1.54) is 12.1 Å². The van der Waals surface area contributed by atoms with Gasteiger partial charge < -0.3 is 10.2 Å². The third-order valence-electron chi connectivity index (χ3n) is 4.50. The van der Waals surface area contributed by atoms with Crippen LogP contribution in [0.3, 0.4) is 0 Å². The summed E-state index contributed by atoms with van der Waals surface area (Å²) in [6, 6.07) is 7.05. The molecule has 2 rings (SSSR count). The van der Waals surface area contributed by atoms with Crippen molar-refractivity contribution in [2.45, 2.75) is 32.9 Å². The Labute approximate surface area is 138 Å². The number of nitrogens with zero attached hydrogens (tertiary/aromatic N) is 2. The van der Waals surface area contributed by atoms with Gasteiger partial charge in [0.15, 0.2) is 0 Å². The van der Waals surface area contributed by atoms with Gasteiger partial charge in [-0.05, 0) is 37.1 Å². The van der Waals surface area contributed by atoms with E-state index >= 15 is 0 Å². The number of carbonyl (C=O) groups is 1. The van der Waals surface area contributed by atoms with E-state index in [9.17, 15) is 9.18 Å². The van der Waals surface area contributed by atoms with Gasteiger partial charge >= 0.3 is 0 Å². The summed E-state index contributed by atoms with van der Waals surface area (Å²) >= 11 is 0. The van der Waals surface area contributed by atoms with E-state index in [1.807, 2.05) is 17.0 Å². The van der Waals surface area contributed by atoms with Crippen molar-refractivity contribution in [1.82, 2.24) is 15.1 Å². The molecule has 1 heterocycles. The van der Waals surface area contributed by atoms with Gasteiger partial charge in [-0.2, -0.15) is 0 Å². The molecule has 1 aliphatic rings. The third-order valence-corrected chi connectivity index (χ3v) is 4.50. The van der Waals surface area contributed by atoms with Crippen LogP contribution in [0.2, 0.25) is 0 Å². The fraction of sp³-hybridized carbons (Fsp3) is 0.611. The highest BCUT2D eigenvalue weighted by Gasteiger charge is 2.29. The number of hydrogen-bond donors (Lipinski definition) is 1. The molecule has 1 unspecified atom stereocenters. The van der Waals surface area contributed by atoms with Gasteiger partial charge in [0.1, 0.15) is 5.82 Å². The molecular formula is C18H28FN3O. The second kappa shape index (κ2) is 8.41. The number of amides is 1. The molecule has 1 fully saturated rings. The topological polar surface area (TPSA) is 35.6 Å². The normalized spacial score (nSPS) is 19.9. The van der Waals surface area contributed by atoms with Crippen molar-refractivity contribution in [2.75, 3.05) is 33.2 Å². The summed E-state index contributed by atoms with van der Waals surface area (Å²) in [4.78, 5) is 16.6. The number of carbonyl (C=O) groups excluding carboxylic acids is 1. The Morgan fingerprint density at radius 2 is 2.00 bits per heavy atom. The Bertz CT molecular complexity index is 503. The van der Waals surface area contributed by atoms with Gasteiger partial charge in [-0.1, -0.05) is 26.0 Å². The van der Waals surface area contributed by atoms with E-state index in [4.69, 9.17) is 0 Å². The average Bonchev–Trinajstić information content (AvgIpc) is 2.72. The predicted molar refractivity (Wildman–Crippen MR) is 90.6 cm³/mol. The molecule has 1 atom stereocenters. The lowest BCUT2D eigenvalue weighted by molar-refractivity contribution is -0.130. The largest absolute Gasteiger partial charge is 0.340 e. The zero-order chi connectivity index (χ0) is 16.8. The van der Waals surface area contributed by atoms with Crippen molar-refractivity contribution in [3.8, 4) is 0 Å². The molecule has 1 saturated heterocycles. The number of benzene rings is 1. The lowest BCUT2D eigenvalue weighted by atomic mass is 10.0. The van der Waals surface area contributed by atoms with Crippen LogP contribution in [-0.2, 0) is 11.3 Å². The highest BCUT2D eigenvalue weighted by molar-refractivity contribution is 5.78. The van der Waals surface area contributed by atoms with Gasteiger partial charge in [-0.25, -0.2) is 4.39 Å². The minimum Gasteiger partial charge on any atom is -0.340 e. The van der Waals surface area contributed by atoms with E-state index in [1.54, 1.807) is 7.05 Å². The Kier molecular flexibility index (Phi) is 6.54. The lowest BCUT2D eigenvalue weighted by Gasteiger charge is -2.34. The number of hydrogen-bond acceptors (Lipinski definition) is 3. The molecule has 1 aliphatic heterocycles. The summed E-state index contributed by atoms with van der Waals surface area (Å²) in [6.45, 7) is 8.13. The number of likely N-dealkylation sites (N-methyl/N-ethyl adjacent to an activating group) is 1. The van der Waals surface area contributed by atoms with Crippen LogP contribution >= 0.6 is 0 Å². The molecule has 0 aromatic heterocycles. The minimum absolute atomic E-state index is 0.168. The second-order valence-electron chi connectivity index (χ2n) is 6.63. The maximum Gasteiger partial charge on any atom is 0.236 e. The third kappa shape index (κ3) is 5.01. The number of rotatable bonds is 5. The summed E-state index contributed by atoms with van der Waals surface area (Å²) in [7, 11) is 1.80. The molecule has 1 N–H and O–H groups in total. The van der Waals surface area contributed by atoms with Crippen LogP contribution in [0.5, 0.6) is 0 Å². The Morgan fingerprint density at radius 1 is 1.30 bits per heavy atom. The zero-order valence-corrected chi connectivity index (χ0v) is 14.4. The first kappa shape index (κ1) is 17.9. The first-order valence-electron chi connectivity index (χ1n) is 8.42. The van der Waals surface area contributed by atoms with Gasteiger partial charge in [0.05, 0.1) is 6.54 Å². The molecule has 1 aromatic carbocycles. The maximum absolute atomic E-state index is 13.1. The van der Waals surface area contributed by atoms with Crippen LogP contribution in [0.25, 0.3) is 0 Å². The van der Waals surface area contributed by atoms with Gasteiger partial charge in [-0.3, -0.25) is 9.69 Å². The summed E-state index contributed by atoms with van der Waals surface area (Å²) in [5.41, 5.74) is 1.12. The summed E-state index contributed by atoms with van der Waals surface area (Å²) < 4.78 is 13.1. The number of nitrogens with one attached hydrogen (secondary N) is 1. The van der Waals surface area contributed by atoms with Gasteiger partial charge in [0, 0.05) is 32.2 Å². The molecule has 1 aromatic rings. The molecule has 0 spiro atoms. The average molecular weight is 321 g/mol. The van der Waals surface area contributed by atoms with Crippen LogP contribution in [0.15, 0.2) is 24.3 Å². The standard InChI is InChI=1S/C18H28FN3O/c1-14(2)17-13-22(18(23)11-20-3)10-4-9-21(17)12-15-5-7-16(19)8-6-15/h5-8,14,17,20H,4,9-13H2,1-3H3. The van der Waals surface area contributed by atoms with Crippen molar-refractivity contribution in [3.63, 3.8) is 0 Å². The SMILES string of the molecule is CNCC(=O)N1CCCN(Cc2ccc(F)cc2)C(C(C)C)C1. The van der Waals surface area contributed by atoms with Crippen LogP contribution < -0.4 is 5.32 Å². The molecule has 1 amide bonds. The fourth-order valence-corrected chi connectivity index (χ4v) is 3.21. The maximum atomic E-state index is 13.1.